The van der Waals surface area contributed by atoms with E-state index in [1.54, 1.807) is 0 Å². The summed E-state index contributed by atoms with van der Waals surface area (Å²) in [7, 11) is 0. The van der Waals surface area contributed by atoms with Crippen LogP contribution in [0.25, 0.3) is 0 Å². The first-order chi connectivity index (χ1) is 6.20. The van der Waals surface area contributed by atoms with E-state index in [4.69, 9.17) is 11.6 Å². The van der Waals surface area contributed by atoms with E-state index < -0.39 is 0 Å². The third-order valence-corrected chi connectivity index (χ3v) is 2.92. The second kappa shape index (κ2) is 3.20. The van der Waals surface area contributed by atoms with Crippen molar-refractivity contribution in [3.8, 4) is 0 Å². The van der Waals surface area contributed by atoms with Gasteiger partial charge in [-0.15, -0.1) is 0 Å². The van der Waals surface area contributed by atoms with Crippen LogP contribution in [0.1, 0.15) is 23.7 Å². The highest BCUT2D eigenvalue weighted by Gasteiger charge is 2.20. The van der Waals surface area contributed by atoms with E-state index in [2.05, 4.69) is 5.32 Å². The quantitative estimate of drug-likeness (QED) is 0.670. The van der Waals surface area contributed by atoms with Crippen molar-refractivity contribution in [1.29, 1.82) is 0 Å². The predicted molar refractivity (Wildman–Crippen MR) is 54.3 cm³/mol. The van der Waals surface area contributed by atoms with Crippen LogP contribution < -0.4 is 5.32 Å². The molecule has 0 bridgehead atoms. The SMILES string of the molecule is Cc1c(Cl)ccc2c1C(O)CCN2. The van der Waals surface area contributed by atoms with Gasteiger partial charge in [0.15, 0.2) is 0 Å². The van der Waals surface area contributed by atoms with Crippen LogP contribution in [0.4, 0.5) is 5.69 Å². The number of benzene rings is 1. The summed E-state index contributed by atoms with van der Waals surface area (Å²) in [6, 6.07) is 3.79. The van der Waals surface area contributed by atoms with Crippen molar-refractivity contribution >= 4 is 17.3 Å². The van der Waals surface area contributed by atoms with Crippen LogP contribution in [-0.4, -0.2) is 11.7 Å². The van der Waals surface area contributed by atoms with Gasteiger partial charge in [-0.05, 0) is 31.0 Å². The number of rotatable bonds is 0. The Bertz CT molecular complexity index is 338. The van der Waals surface area contributed by atoms with Gasteiger partial charge in [0.2, 0.25) is 0 Å². The van der Waals surface area contributed by atoms with Crippen LogP contribution in [-0.2, 0) is 0 Å². The Hall–Kier alpha value is -0.730. The molecule has 0 saturated carbocycles. The zero-order valence-corrected chi connectivity index (χ0v) is 8.23. The largest absolute Gasteiger partial charge is 0.388 e. The Kier molecular flexibility index (Phi) is 2.18. The minimum atomic E-state index is -0.366. The van der Waals surface area contributed by atoms with E-state index in [9.17, 15) is 5.11 Å². The Morgan fingerprint density at radius 1 is 1.54 bits per heavy atom. The van der Waals surface area contributed by atoms with Crippen molar-refractivity contribution in [3.63, 3.8) is 0 Å². The molecule has 1 atom stereocenters. The molecule has 70 valence electrons. The topological polar surface area (TPSA) is 32.3 Å². The second-order valence-electron chi connectivity index (χ2n) is 3.36. The van der Waals surface area contributed by atoms with E-state index in [-0.39, 0.29) is 6.10 Å². The highest BCUT2D eigenvalue weighted by molar-refractivity contribution is 6.31. The highest BCUT2D eigenvalue weighted by atomic mass is 35.5. The summed E-state index contributed by atoms with van der Waals surface area (Å²) in [6.45, 7) is 2.77. The van der Waals surface area contributed by atoms with E-state index in [1.165, 1.54) is 0 Å². The Morgan fingerprint density at radius 2 is 2.31 bits per heavy atom. The molecule has 2 N–H and O–H groups in total. The van der Waals surface area contributed by atoms with Crippen molar-refractivity contribution in [2.75, 3.05) is 11.9 Å². The molecule has 0 radical (unpaired) electrons. The van der Waals surface area contributed by atoms with Crippen molar-refractivity contribution in [2.45, 2.75) is 19.4 Å². The molecule has 2 rings (SSSR count). The molecule has 0 spiro atoms. The van der Waals surface area contributed by atoms with Crippen LogP contribution in [0.2, 0.25) is 5.02 Å². The molecule has 2 nitrogen and oxygen atoms in total. The molecule has 1 heterocycles. The monoisotopic (exact) mass is 197 g/mol. The molecule has 1 unspecified atom stereocenters. The maximum atomic E-state index is 9.77. The first kappa shape index (κ1) is 8.85. The van der Waals surface area contributed by atoms with Gasteiger partial charge < -0.3 is 10.4 Å². The molecular formula is C10H12ClNO. The lowest BCUT2D eigenvalue weighted by Crippen LogP contribution is -2.17. The summed E-state index contributed by atoms with van der Waals surface area (Å²) in [6.07, 6.45) is 0.392. The molecule has 3 heteroatoms. The average molecular weight is 198 g/mol. The predicted octanol–water partition coefficient (Wildman–Crippen LogP) is 2.50. The summed E-state index contributed by atoms with van der Waals surface area (Å²) in [5, 5.41) is 13.7. The fourth-order valence-electron chi connectivity index (χ4n) is 1.77. The molecule has 1 aromatic rings. The highest BCUT2D eigenvalue weighted by Crippen LogP contribution is 2.35. The maximum Gasteiger partial charge on any atom is 0.0829 e. The van der Waals surface area contributed by atoms with Gasteiger partial charge in [-0.25, -0.2) is 0 Å². The van der Waals surface area contributed by atoms with Crippen molar-refractivity contribution in [2.24, 2.45) is 0 Å². The minimum absolute atomic E-state index is 0.366. The van der Waals surface area contributed by atoms with Crippen LogP contribution in [0.15, 0.2) is 12.1 Å². The number of hydrogen-bond acceptors (Lipinski definition) is 2. The number of aliphatic hydroxyl groups is 1. The van der Waals surface area contributed by atoms with Gasteiger partial charge >= 0.3 is 0 Å². The van der Waals surface area contributed by atoms with Gasteiger partial charge in [0, 0.05) is 22.8 Å². The van der Waals surface area contributed by atoms with Gasteiger partial charge in [0.05, 0.1) is 6.10 Å². The van der Waals surface area contributed by atoms with Crippen molar-refractivity contribution in [1.82, 2.24) is 0 Å². The van der Waals surface area contributed by atoms with Gasteiger partial charge in [-0.3, -0.25) is 0 Å². The summed E-state index contributed by atoms with van der Waals surface area (Å²) >= 11 is 5.97. The molecule has 1 aliphatic rings. The van der Waals surface area contributed by atoms with Crippen LogP contribution in [0, 0.1) is 6.92 Å². The number of halogens is 1. The standard InChI is InChI=1S/C10H12ClNO/c1-6-7(11)2-3-8-10(6)9(13)4-5-12-8/h2-3,9,12-13H,4-5H2,1H3. The lowest BCUT2D eigenvalue weighted by molar-refractivity contribution is 0.168. The van der Waals surface area contributed by atoms with Crippen LogP contribution in [0.5, 0.6) is 0 Å². The molecule has 0 amide bonds. The molecule has 1 aliphatic heterocycles. The zero-order chi connectivity index (χ0) is 9.42. The third-order valence-electron chi connectivity index (χ3n) is 2.52. The normalized spacial score (nSPS) is 20.7. The van der Waals surface area contributed by atoms with Crippen LogP contribution >= 0.6 is 11.6 Å². The first-order valence-electron chi connectivity index (χ1n) is 4.41. The molecule has 1 aromatic carbocycles. The number of hydrogen-bond donors (Lipinski definition) is 2. The Labute approximate surface area is 82.5 Å². The van der Waals surface area contributed by atoms with Gasteiger partial charge in [0.1, 0.15) is 0 Å². The molecule has 0 fully saturated rings. The van der Waals surface area contributed by atoms with Crippen LogP contribution in [0.3, 0.4) is 0 Å². The fourth-order valence-corrected chi connectivity index (χ4v) is 1.94. The van der Waals surface area contributed by atoms with Gasteiger partial charge in [0.25, 0.3) is 0 Å². The Morgan fingerprint density at radius 3 is 3.08 bits per heavy atom. The fraction of sp³-hybridized carbons (Fsp3) is 0.400. The number of fused-ring (bicyclic) bond motifs is 1. The van der Waals surface area contributed by atoms with Crippen molar-refractivity contribution in [3.05, 3.63) is 28.3 Å². The third kappa shape index (κ3) is 1.40. The molecule has 0 aliphatic carbocycles. The smallest absolute Gasteiger partial charge is 0.0829 e. The van der Waals surface area contributed by atoms with E-state index in [0.717, 1.165) is 34.8 Å². The summed E-state index contributed by atoms with van der Waals surface area (Å²) < 4.78 is 0. The minimum Gasteiger partial charge on any atom is -0.388 e. The summed E-state index contributed by atoms with van der Waals surface area (Å²) in [5.41, 5.74) is 2.96. The van der Waals surface area contributed by atoms with E-state index >= 15 is 0 Å². The molecule has 0 saturated heterocycles. The lowest BCUT2D eigenvalue weighted by Gasteiger charge is -2.25. The summed E-state index contributed by atoms with van der Waals surface area (Å²) in [4.78, 5) is 0. The number of nitrogens with one attached hydrogen (secondary N) is 1. The number of aliphatic hydroxyl groups excluding tert-OH is 1. The molecule has 13 heavy (non-hydrogen) atoms. The first-order valence-corrected chi connectivity index (χ1v) is 4.79. The van der Waals surface area contributed by atoms with Gasteiger partial charge in [-0.1, -0.05) is 11.6 Å². The lowest BCUT2D eigenvalue weighted by atomic mass is 9.96. The number of anilines is 1. The molecule has 0 aromatic heterocycles. The Balaban J connectivity index is 2.58. The van der Waals surface area contributed by atoms with E-state index in [0.29, 0.717) is 0 Å². The van der Waals surface area contributed by atoms with Gasteiger partial charge in [-0.2, -0.15) is 0 Å². The second-order valence-corrected chi connectivity index (χ2v) is 3.77. The van der Waals surface area contributed by atoms with E-state index in [1.807, 2.05) is 19.1 Å². The molecular weight excluding hydrogens is 186 g/mol. The zero-order valence-electron chi connectivity index (χ0n) is 7.47. The maximum absolute atomic E-state index is 9.77. The average Bonchev–Trinajstić information content (AvgIpc) is 2.12. The van der Waals surface area contributed by atoms with Crippen molar-refractivity contribution < 1.29 is 5.11 Å². The summed E-state index contributed by atoms with van der Waals surface area (Å²) in [5.74, 6) is 0.